The Morgan fingerprint density at radius 2 is 2.50 bits per heavy atom. The SMILES string of the molecule is N#CCCOC(=O)O. The van der Waals surface area contributed by atoms with Crippen molar-refractivity contribution in [1.29, 1.82) is 5.26 Å². The first-order chi connectivity index (χ1) is 3.77. The molecule has 0 radical (unpaired) electrons. The summed E-state index contributed by atoms with van der Waals surface area (Å²) < 4.78 is 3.98. The summed E-state index contributed by atoms with van der Waals surface area (Å²) in [6.45, 7) is -0.0359. The monoisotopic (exact) mass is 115 g/mol. The number of ether oxygens (including phenoxy) is 1. The highest BCUT2D eigenvalue weighted by molar-refractivity contribution is 5.56. The van der Waals surface area contributed by atoms with Crippen LogP contribution in [0.3, 0.4) is 0 Å². The molecule has 0 unspecified atom stereocenters. The molecule has 0 rings (SSSR count). The minimum Gasteiger partial charge on any atom is -0.450 e. The highest BCUT2D eigenvalue weighted by Gasteiger charge is 1.91. The second kappa shape index (κ2) is 3.93. The fraction of sp³-hybridized carbons (Fsp3) is 0.500. The summed E-state index contributed by atoms with van der Waals surface area (Å²) >= 11 is 0. The lowest BCUT2D eigenvalue weighted by molar-refractivity contribution is 0.0936. The zero-order chi connectivity index (χ0) is 6.41. The van der Waals surface area contributed by atoms with Gasteiger partial charge in [-0.1, -0.05) is 0 Å². The van der Waals surface area contributed by atoms with Gasteiger partial charge in [0.2, 0.25) is 0 Å². The average molecular weight is 115 g/mol. The van der Waals surface area contributed by atoms with Crippen LogP contribution in [0, 0.1) is 11.3 Å². The van der Waals surface area contributed by atoms with Gasteiger partial charge >= 0.3 is 6.16 Å². The average Bonchev–Trinajstić information content (AvgIpc) is 1.66. The van der Waals surface area contributed by atoms with Crippen LogP contribution in [0.1, 0.15) is 6.42 Å². The second-order valence-electron chi connectivity index (χ2n) is 1.02. The molecule has 8 heavy (non-hydrogen) atoms. The molecule has 0 fully saturated rings. The Morgan fingerprint density at radius 3 is 2.88 bits per heavy atom. The van der Waals surface area contributed by atoms with Crippen molar-refractivity contribution in [1.82, 2.24) is 0 Å². The van der Waals surface area contributed by atoms with Crippen molar-refractivity contribution < 1.29 is 14.6 Å². The number of carboxylic acid groups (broad SMARTS) is 1. The first-order valence-electron chi connectivity index (χ1n) is 2.00. The second-order valence-corrected chi connectivity index (χ2v) is 1.02. The summed E-state index contributed by atoms with van der Waals surface area (Å²) in [7, 11) is 0. The maximum absolute atomic E-state index is 9.54. The van der Waals surface area contributed by atoms with Gasteiger partial charge in [0.25, 0.3) is 0 Å². The van der Waals surface area contributed by atoms with Gasteiger partial charge < -0.3 is 9.84 Å². The van der Waals surface area contributed by atoms with Crippen LogP contribution < -0.4 is 0 Å². The Kier molecular flexibility index (Phi) is 3.32. The molecule has 0 aromatic carbocycles. The number of carbonyl (C=O) groups is 1. The van der Waals surface area contributed by atoms with Crippen molar-refractivity contribution in [3.63, 3.8) is 0 Å². The van der Waals surface area contributed by atoms with Crippen molar-refractivity contribution in [2.24, 2.45) is 0 Å². The molecule has 4 heteroatoms. The summed E-state index contributed by atoms with van der Waals surface area (Å²) in [5.74, 6) is 0. The van der Waals surface area contributed by atoms with Crippen LogP contribution in [0.2, 0.25) is 0 Å². The number of nitriles is 1. The molecule has 0 aromatic rings. The highest BCUT2D eigenvalue weighted by atomic mass is 16.7. The maximum atomic E-state index is 9.54. The number of rotatable bonds is 2. The van der Waals surface area contributed by atoms with E-state index in [4.69, 9.17) is 10.4 Å². The zero-order valence-electron chi connectivity index (χ0n) is 4.13. The Hall–Kier alpha value is -1.24. The zero-order valence-corrected chi connectivity index (χ0v) is 4.13. The van der Waals surface area contributed by atoms with Crippen LogP contribution >= 0.6 is 0 Å². The van der Waals surface area contributed by atoms with Crippen LogP contribution in [0.25, 0.3) is 0 Å². The molecule has 4 nitrogen and oxygen atoms in total. The van der Waals surface area contributed by atoms with E-state index in [2.05, 4.69) is 4.74 Å². The molecule has 0 heterocycles. The third-order valence-corrected chi connectivity index (χ3v) is 0.439. The van der Waals surface area contributed by atoms with Gasteiger partial charge in [0.15, 0.2) is 0 Å². The van der Waals surface area contributed by atoms with Crippen molar-refractivity contribution in [2.45, 2.75) is 6.42 Å². The molecule has 0 bridgehead atoms. The van der Waals surface area contributed by atoms with Gasteiger partial charge in [0.1, 0.15) is 6.61 Å². The number of hydrogen-bond acceptors (Lipinski definition) is 3. The standard InChI is InChI=1S/C4H5NO3/c5-2-1-3-8-4(6)7/h1,3H2,(H,6,7). The summed E-state index contributed by atoms with van der Waals surface area (Å²) in [4.78, 5) is 9.54. The molecule has 0 aliphatic carbocycles. The fourth-order valence-electron chi connectivity index (χ4n) is 0.184. The molecule has 0 amide bonds. The molecule has 0 spiro atoms. The van der Waals surface area contributed by atoms with E-state index in [1.807, 2.05) is 0 Å². The van der Waals surface area contributed by atoms with Gasteiger partial charge in [0, 0.05) is 0 Å². The Morgan fingerprint density at radius 1 is 1.88 bits per heavy atom. The lowest BCUT2D eigenvalue weighted by Crippen LogP contribution is -2.00. The summed E-state index contributed by atoms with van der Waals surface area (Å²) in [5.41, 5.74) is 0. The largest absolute Gasteiger partial charge is 0.505 e. The number of nitrogens with zero attached hydrogens (tertiary/aromatic N) is 1. The molecule has 44 valence electrons. The molecule has 0 saturated heterocycles. The molecule has 0 saturated carbocycles. The van der Waals surface area contributed by atoms with Gasteiger partial charge in [0.05, 0.1) is 12.5 Å². The minimum absolute atomic E-state index is 0.0359. The first-order valence-corrected chi connectivity index (χ1v) is 2.00. The lowest BCUT2D eigenvalue weighted by Gasteiger charge is -1.90. The number of hydrogen-bond donors (Lipinski definition) is 1. The van der Waals surface area contributed by atoms with Crippen molar-refractivity contribution >= 4 is 6.16 Å². The molecule has 0 aliphatic heterocycles. The fourth-order valence-corrected chi connectivity index (χ4v) is 0.184. The predicted octanol–water partition coefficient (Wildman–Crippen LogP) is 0.595. The van der Waals surface area contributed by atoms with Crippen molar-refractivity contribution in [2.75, 3.05) is 6.61 Å². The topological polar surface area (TPSA) is 70.3 Å². The van der Waals surface area contributed by atoms with Crippen LogP contribution in [-0.4, -0.2) is 17.9 Å². The summed E-state index contributed by atoms with van der Waals surface area (Å²) in [5, 5.41) is 15.7. The van der Waals surface area contributed by atoms with E-state index in [0.717, 1.165) is 0 Å². The first kappa shape index (κ1) is 6.76. The van der Waals surface area contributed by atoms with Crippen molar-refractivity contribution in [3.8, 4) is 6.07 Å². The van der Waals surface area contributed by atoms with E-state index in [9.17, 15) is 4.79 Å². The predicted molar refractivity (Wildman–Crippen MR) is 24.2 cm³/mol. The Labute approximate surface area is 46.3 Å². The molecule has 1 N–H and O–H groups in total. The smallest absolute Gasteiger partial charge is 0.450 e. The van der Waals surface area contributed by atoms with Crippen LogP contribution in [0.4, 0.5) is 4.79 Å². The van der Waals surface area contributed by atoms with Crippen LogP contribution in [-0.2, 0) is 4.74 Å². The Bertz CT molecular complexity index is 115. The van der Waals surface area contributed by atoms with Gasteiger partial charge in [-0.2, -0.15) is 5.26 Å². The summed E-state index contributed by atoms with van der Waals surface area (Å²) in [6, 6.07) is 1.73. The van der Waals surface area contributed by atoms with Crippen molar-refractivity contribution in [3.05, 3.63) is 0 Å². The maximum Gasteiger partial charge on any atom is 0.505 e. The van der Waals surface area contributed by atoms with Gasteiger partial charge in [-0.05, 0) is 0 Å². The van der Waals surface area contributed by atoms with Crippen LogP contribution in [0.5, 0.6) is 0 Å². The van der Waals surface area contributed by atoms with E-state index in [0.29, 0.717) is 0 Å². The lowest BCUT2D eigenvalue weighted by atomic mass is 10.5. The molecule has 0 aliphatic rings. The van der Waals surface area contributed by atoms with E-state index in [1.165, 1.54) is 0 Å². The molecule has 0 aromatic heterocycles. The highest BCUT2D eigenvalue weighted by Crippen LogP contribution is 1.78. The Balaban J connectivity index is 2.97. The van der Waals surface area contributed by atoms with Crippen LogP contribution in [0.15, 0.2) is 0 Å². The van der Waals surface area contributed by atoms with Gasteiger partial charge in [-0.3, -0.25) is 0 Å². The third-order valence-electron chi connectivity index (χ3n) is 0.439. The normalized spacial score (nSPS) is 7.38. The van der Waals surface area contributed by atoms with Gasteiger partial charge in [-0.25, -0.2) is 4.79 Å². The molecular formula is C4H5NO3. The third kappa shape index (κ3) is 4.76. The summed E-state index contributed by atoms with van der Waals surface area (Å²) in [6.07, 6.45) is -1.22. The van der Waals surface area contributed by atoms with Gasteiger partial charge in [-0.15, -0.1) is 0 Å². The van der Waals surface area contributed by atoms with E-state index in [-0.39, 0.29) is 13.0 Å². The minimum atomic E-state index is -1.33. The van der Waals surface area contributed by atoms with E-state index >= 15 is 0 Å². The molecule has 0 atom stereocenters. The quantitative estimate of drug-likeness (QED) is 0.422. The van der Waals surface area contributed by atoms with E-state index in [1.54, 1.807) is 6.07 Å². The molecular weight excluding hydrogens is 110 g/mol. The van der Waals surface area contributed by atoms with E-state index < -0.39 is 6.16 Å².